The quantitative estimate of drug-likeness (QED) is 0.112. The molecule has 0 radical (unpaired) electrons. The molecule has 45 heavy (non-hydrogen) atoms. The van der Waals surface area contributed by atoms with Crippen molar-refractivity contribution >= 4 is 51.0 Å². The van der Waals surface area contributed by atoms with Crippen LogP contribution in [0.4, 0.5) is 5.69 Å². The van der Waals surface area contributed by atoms with E-state index in [1.807, 2.05) is 0 Å². The lowest BCUT2D eigenvalue weighted by Crippen LogP contribution is -2.37. The molecule has 0 amide bonds. The molecule has 1 aliphatic heterocycles. The van der Waals surface area contributed by atoms with Gasteiger partial charge in [-0.2, -0.15) is 4.57 Å². The van der Waals surface area contributed by atoms with Crippen LogP contribution in [0.2, 0.25) is 0 Å². The Balaban J connectivity index is 1.29. The first-order valence-corrected chi connectivity index (χ1v) is 16.7. The Bertz CT molecular complexity index is 1380. The number of hydrogen-bond donors (Lipinski definition) is 1. The molecule has 0 aliphatic carbocycles. The van der Waals surface area contributed by atoms with E-state index in [4.69, 9.17) is 33.5 Å². The molecule has 0 saturated heterocycles. The molecular formula is C33H43N2O8S2+. The second-order valence-electron chi connectivity index (χ2n) is 9.84. The second kappa shape index (κ2) is 20.3. The van der Waals surface area contributed by atoms with E-state index in [0.29, 0.717) is 72.6 Å². The number of benzene rings is 2. The van der Waals surface area contributed by atoms with Gasteiger partial charge in [0.05, 0.1) is 83.2 Å². The number of nitrogens with zero attached hydrogens (tertiary/aromatic N) is 2. The Morgan fingerprint density at radius 3 is 2.22 bits per heavy atom. The number of ether oxygens (including phenoxy) is 6. The summed E-state index contributed by atoms with van der Waals surface area (Å²) in [5.74, 6) is -0.862. The van der Waals surface area contributed by atoms with Gasteiger partial charge in [-0.25, -0.2) is 0 Å². The molecule has 1 N–H and O–H groups in total. The van der Waals surface area contributed by atoms with Gasteiger partial charge in [0.2, 0.25) is 5.52 Å². The van der Waals surface area contributed by atoms with E-state index in [-0.39, 0.29) is 13.0 Å². The number of aromatic nitrogens is 1. The maximum Gasteiger partial charge on any atom is 0.305 e. The fraction of sp³-hybridized carbons (Fsp3) is 0.455. The highest BCUT2D eigenvalue weighted by atomic mass is 32.2. The van der Waals surface area contributed by atoms with Crippen LogP contribution in [0, 0.1) is 0 Å². The minimum absolute atomic E-state index is 0.00124. The topological polar surface area (TPSA) is 99.8 Å². The average molecular weight is 660 g/mol. The SMILES string of the molecule is COCCOCCOCCOCC[n+]1c(/C=C/C=C2\Sc3ccccc3N2CCOCCOCCC(=O)O)sc2ccccc21. The second-order valence-corrected chi connectivity index (χ2v) is 12.0. The Morgan fingerprint density at radius 2 is 1.47 bits per heavy atom. The van der Waals surface area contributed by atoms with Gasteiger partial charge in [-0.15, -0.1) is 0 Å². The summed E-state index contributed by atoms with van der Waals surface area (Å²) in [7, 11) is 1.66. The zero-order valence-electron chi connectivity index (χ0n) is 25.8. The summed E-state index contributed by atoms with van der Waals surface area (Å²) in [6.07, 6.45) is 6.43. The predicted molar refractivity (Wildman–Crippen MR) is 177 cm³/mol. The number of fused-ring (bicyclic) bond motifs is 2. The van der Waals surface area contributed by atoms with Crippen molar-refractivity contribution in [2.45, 2.75) is 17.9 Å². The van der Waals surface area contributed by atoms with E-state index >= 15 is 0 Å². The maximum absolute atomic E-state index is 10.6. The molecule has 0 atom stereocenters. The van der Waals surface area contributed by atoms with Gasteiger partial charge in [0.1, 0.15) is 11.3 Å². The first-order valence-electron chi connectivity index (χ1n) is 15.1. The van der Waals surface area contributed by atoms with Crippen LogP contribution >= 0.6 is 23.1 Å². The number of carboxylic acid groups (broad SMARTS) is 1. The van der Waals surface area contributed by atoms with Crippen molar-refractivity contribution in [1.29, 1.82) is 0 Å². The van der Waals surface area contributed by atoms with E-state index in [0.717, 1.165) is 16.6 Å². The number of carboxylic acids is 1. The van der Waals surface area contributed by atoms with Gasteiger partial charge >= 0.3 is 5.97 Å². The maximum atomic E-state index is 10.6. The zero-order chi connectivity index (χ0) is 31.5. The lowest BCUT2D eigenvalue weighted by atomic mass is 10.3. The van der Waals surface area contributed by atoms with E-state index in [2.05, 4.69) is 76.2 Å². The monoisotopic (exact) mass is 659 g/mol. The lowest BCUT2D eigenvalue weighted by molar-refractivity contribution is -0.670. The van der Waals surface area contributed by atoms with Crippen molar-refractivity contribution in [3.8, 4) is 0 Å². The zero-order valence-corrected chi connectivity index (χ0v) is 27.4. The molecule has 0 unspecified atom stereocenters. The first kappa shape index (κ1) is 35.1. The van der Waals surface area contributed by atoms with Crippen LogP contribution in [0.5, 0.6) is 0 Å². The summed E-state index contributed by atoms with van der Waals surface area (Å²) in [4.78, 5) is 14.1. The predicted octanol–water partition coefficient (Wildman–Crippen LogP) is 4.86. The fourth-order valence-corrected chi connectivity index (χ4v) is 6.71. The molecule has 10 nitrogen and oxygen atoms in total. The standard InChI is InChI=1S/C33H42N2O8S2/c1-38-19-20-42-25-26-43-24-23-41-18-15-35-28-8-3-5-10-30(28)45-32(35)12-6-11-31-34(27-7-2-4-9-29(27)44-31)14-17-40-22-21-39-16-13-33(36)37/h2-12H,13-26H2,1H3/p+1. The van der Waals surface area contributed by atoms with Crippen molar-refractivity contribution in [3.05, 3.63) is 70.7 Å². The molecule has 1 aliphatic rings. The normalized spacial score (nSPS) is 13.9. The minimum Gasteiger partial charge on any atom is -0.481 e. The number of aliphatic carboxylic acids is 1. The molecule has 0 fully saturated rings. The van der Waals surface area contributed by atoms with E-state index in [9.17, 15) is 4.79 Å². The van der Waals surface area contributed by atoms with Crippen LogP contribution in [0.15, 0.2) is 70.6 Å². The average Bonchev–Trinajstić information content (AvgIpc) is 3.58. The van der Waals surface area contributed by atoms with Gasteiger partial charge in [-0.1, -0.05) is 53.4 Å². The molecule has 0 saturated carbocycles. The number of thioether (sulfide) groups is 1. The number of methoxy groups -OCH3 is 1. The Labute approximate surface area is 273 Å². The molecule has 12 heteroatoms. The van der Waals surface area contributed by atoms with Crippen LogP contribution in [-0.2, 0) is 39.8 Å². The summed E-state index contributed by atoms with van der Waals surface area (Å²) in [6.45, 7) is 6.88. The molecule has 4 rings (SSSR count). The van der Waals surface area contributed by atoms with Crippen molar-refractivity contribution in [3.63, 3.8) is 0 Å². The van der Waals surface area contributed by atoms with Gasteiger partial charge < -0.3 is 38.4 Å². The van der Waals surface area contributed by atoms with Crippen molar-refractivity contribution in [2.75, 3.05) is 91.2 Å². The van der Waals surface area contributed by atoms with Crippen molar-refractivity contribution in [2.24, 2.45) is 0 Å². The Morgan fingerprint density at radius 1 is 0.822 bits per heavy atom. The molecule has 2 heterocycles. The van der Waals surface area contributed by atoms with Gasteiger partial charge in [0, 0.05) is 30.7 Å². The molecule has 3 aromatic rings. The molecule has 2 aromatic carbocycles. The number of carbonyl (C=O) groups is 1. The number of anilines is 1. The largest absolute Gasteiger partial charge is 0.481 e. The smallest absolute Gasteiger partial charge is 0.305 e. The Hall–Kier alpha value is -2.81. The molecule has 244 valence electrons. The molecular weight excluding hydrogens is 617 g/mol. The summed E-state index contributed by atoms with van der Waals surface area (Å²) < 4.78 is 36.5. The number of hydrogen-bond acceptors (Lipinski definition) is 10. The van der Waals surface area contributed by atoms with Crippen LogP contribution in [0.3, 0.4) is 0 Å². The van der Waals surface area contributed by atoms with Gasteiger partial charge in [0.15, 0.2) is 6.54 Å². The van der Waals surface area contributed by atoms with E-state index in [1.54, 1.807) is 30.2 Å². The number of para-hydroxylation sites is 2. The van der Waals surface area contributed by atoms with Gasteiger partial charge in [0.25, 0.3) is 5.01 Å². The van der Waals surface area contributed by atoms with Crippen LogP contribution in [0.1, 0.15) is 11.4 Å². The van der Waals surface area contributed by atoms with Gasteiger partial charge in [-0.3, -0.25) is 4.79 Å². The van der Waals surface area contributed by atoms with Crippen molar-refractivity contribution in [1.82, 2.24) is 0 Å². The van der Waals surface area contributed by atoms with Crippen molar-refractivity contribution < 1.29 is 42.9 Å². The minimum atomic E-state index is -0.862. The first-order chi connectivity index (χ1) is 22.2. The third-order valence-corrected chi connectivity index (χ3v) is 8.94. The van der Waals surface area contributed by atoms with Crippen LogP contribution in [-0.4, -0.2) is 97.4 Å². The summed E-state index contributed by atoms with van der Waals surface area (Å²) in [6, 6.07) is 16.8. The third kappa shape index (κ3) is 11.8. The van der Waals surface area contributed by atoms with Gasteiger partial charge in [-0.05, 0) is 24.3 Å². The molecule has 1 aromatic heterocycles. The highest BCUT2D eigenvalue weighted by Gasteiger charge is 2.24. The van der Waals surface area contributed by atoms with E-state index < -0.39 is 5.97 Å². The summed E-state index contributed by atoms with van der Waals surface area (Å²) in [5.41, 5.74) is 2.36. The number of allylic oxidation sites excluding steroid dienone is 2. The highest BCUT2D eigenvalue weighted by molar-refractivity contribution is 8.03. The van der Waals surface area contributed by atoms with Crippen LogP contribution < -0.4 is 9.47 Å². The van der Waals surface area contributed by atoms with Crippen LogP contribution in [0.25, 0.3) is 16.3 Å². The Kier molecular flexibility index (Phi) is 15.8. The molecule has 0 spiro atoms. The summed E-state index contributed by atoms with van der Waals surface area (Å²) in [5, 5.41) is 11.0. The molecule has 0 bridgehead atoms. The lowest BCUT2D eigenvalue weighted by Gasteiger charge is -2.20. The van der Waals surface area contributed by atoms with E-state index in [1.165, 1.54) is 20.8 Å². The fourth-order valence-electron chi connectivity index (χ4n) is 4.51. The third-order valence-electron chi connectivity index (χ3n) is 6.68. The summed E-state index contributed by atoms with van der Waals surface area (Å²) >= 11 is 3.51. The number of thiazole rings is 1. The number of rotatable bonds is 23. The highest BCUT2D eigenvalue weighted by Crippen LogP contribution is 2.45.